The monoisotopic (exact) mass is 361 g/mol. The molecule has 4 nitrogen and oxygen atoms in total. The van der Waals surface area contributed by atoms with Gasteiger partial charge in [-0.2, -0.15) is 13.2 Å². The molecule has 1 aromatic heterocycles. The Morgan fingerprint density at radius 3 is 2.54 bits per heavy atom. The van der Waals surface area contributed by atoms with Crippen molar-refractivity contribution in [2.45, 2.75) is 19.2 Å². The van der Waals surface area contributed by atoms with Gasteiger partial charge in [0.05, 0.1) is 11.1 Å². The number of para-hydroxylation sites is 1. The van der Waals surface area contributed by atoms with Crippen molar-refractivity contribution in [3.8, 4) is 0 Å². The number of alkyl halides is 3. The van der Waals surface area contributed by atoms with Gasteiger partial charge in [0, 0.05) is 22.7 Å². The molecule has 0 spiro atoms. The molecule has 0 aliphatic heterocycles. The summed E-state index contributed by atoms with van der Waals surface area (Å²) in [5, 5.41) is 0.680. The van der Waals surface area contributed by atoms with Gasteiger partial charge in [-0.25, -0.2) is 4.79 Å². The number of carbonyl (C=O) groups is 2. The van der Waals surface area contributed by atoms with Crippen molar-refractivity contribution >= 4 is 22.7 Å². The number of aromatic amines is 1. The number of hydrogen-bond acceptors (Lipinski definition) is 3. The lowest BCUT2D eigenvalue weighted by Crippen LogP contribution is -2.24. The maximum absolute atomic E-state index is 12.7. The molecule has 0 radical (unpaired) electrons. The molecule has 3 aromatic rings. The van der Waals surface area contributed by atoms with Crippen LogP contribution in [0.4, 0.5) is 13.2 Å². The van der Waals surface area contributed by atoms with Crippen LogP contribution in [0.2, 0.25) is 0 Å². The van der Waals surface area contributed by atoms with E-state index in [0.29, 0.717) is 17.0 Å². The molecule has 7 heteroatoms. The third-order valence-electron chi connectivity index (χ3n) is 3.93. The smallest absolute Gasteiger partial charge is 0.416 e. The van der Waals surface area contributed by atoms with E-state index in [1.54, 1.807) is 18.2 Å². The molecular weight excluding hydrogens is 347 g/mol. The molecule has 3 rings (SSSR count). The molecule has 0 amide bonds. The highest BCUT2D eigenvalue weighted by molar-refractivity contribution is 6.10. The third kappa shape index (κ3) is 3.46. The summed E-state index contributed by atoms with van der Waals surface area (Å²) >= 11 is 0. The summed E-state index contributed by atoms with van der Waals surface area (Å²) in [7, 11) is 0. The number of fused-ring (bicyclic) bond motifs is 1. The fraction of sp³-hybridized carbons (Fsp3) is 0.158. The highest BCUT2D eigenvalue weighted by atomic mass is 19.4. The Kier molecular flexibility index (Phi) is 4.54. The van der Waals surface area contributed by atoms with Crippen LogP contribution in [-0.2, 0) is 10.9 Å². The van der Waals surface area contributed by atoms with Gasteiger partial charge in [-0.05, 0) is 31.2 Å². The number of carbonyl (C=O) groups excluding carboxylic acids is 2. The van der Waals surface area contributed by atoms with Gasteiger partial charge in [0.1, 0.15) is 0 Å². The molecule has 1 atom stereocenters. The summed E-state index contributed by atoms with van der Waals surface area (Å²) in [5.41, 5.74) is -0.113. The van der Waals surface area contributed by atoms with Gasteiger partial charge >= 0.3 is 12.1 Å². The van der Waals surface area contributed by atoms with Crippen molar-refractivity contribution in [1.29, 1.82) is 0 Å². The van der Waals surface area contributed by atoms with Gasteiger partial charge in [-0.3, -0.25) is 4.79 Å². The molecule has 26 heavy (non-hydrogen) atoms. The second-order valence-electron chi connectivity index (χ2n) is 5.74. The minimum Gasteiger partial charge on any atom is -0.451 e. The summed E-state index contributed by atoms with van der Waals surface area (Å²) < 4.78 is 43.3. The predicted octanol–water partition coefficient (Wildman–Crippen LogP) is 4.61. The summed E-state index contributed by atoms with van der Waals surface area (Å²) in [6, 6.07) is 11.0. The fourth-order valence-corrected chi connectivity index (χ4v) is 2.60. The second kappa shape index (κ2) is 6.67. The van der Waals surface area contributed by atoms with E-state index in [1.807, 2.05) is 6.07 Å². The SMILES string of the molecule is C[C@@H](OC(=O)c1cccc(C(F)(F)F)c1)C(=O)c1c[nH]c2ccccc12. The zero-order valence-corrected chi connectivity index (χ0v) is 13.6. The van der Waals surface area contributed by atoms with Crippen molar-refractivity contribution < 1.29 is 27.5 Å². The van der Waals surface area contributed by atoms with Gasteiger partial charge in [0.25, 0.3) is 0 Å². The van der Waals surface area contributed by atoms with Crippen molar-refractivity contribution in [3.63, 3.8) is 0 Å². The van der Waals surface area contributed by atoms with Crippen LogP contribution in [0.1, 0.15) is 33.2 Å². The summed E-state index contributed by atoms with van der Waals surface area (Å²) in [4.78, 5) is 27.6. The lowest BCUT2D eigenvalue weighted by Gasteiger charge is -2.13. The molecule has 0 saturated heterocycles. The van der Waals surface area contributed by atoms with Gasteiger partial charge in [0.2, 0.25) is 5.78 Å². The summed E-state index contributed by atoms with van der Waals surface area (Å²) in [6.45, 7) is 1.38. The number of ether oxygens (including phenoxy) is 1. The van der Waals surface area contributed by atoms with E-state index in [9.17, 15) is 22.8 Å². The van der Waals surface area contributed by atoms with Crippen molar-refractivity contribution in [3.05, 3.63) is 71.4 Å². The number of nitrogens with one attached hydrogen (secondary N) is 1. The van der Waals surface area contributed by atoms with E-state index >= 15 is 0 Å². The van der Waals surface area contributed by atoms with Gasteiger partial charge in [-0.1, -0.05) is 24.3 Å². The average Bonchev–Trinajstić information content (AvgIpc) is 3.04. The minimum absolute atomic E-state index is 0.265. The van der Waals surface area contributed by atoms with Crippen LogP contribution in [0.3, 0.4) is 0 Å². The number of hydrogen-bond donors (Lipinski definition) is 1. The molecule has 134 valence electrons. The number of benzene rings is 2. The average molecular weight is 361 g/mol. The Balaban J connectivity index is 1.78. The van der Waals surface area contributed by atoms with Crippen molar-refractivity contribution in [2.75, 3.05) is 0 Å². The largest absolute Gasteiger partial charge is 0.451 e. The van der Waals surface area contributed by atoms with E-state index in [-0.39, 0.29) is 5.56 Å². The van der Waals surface area contributed by atoms with E-state index < -0.39 is 29.6 Å². The maximum Gasteiger partial charge on any atom is 0.416 e. The van der Waals surface area contributed by atoms with Crippen LogP contribution in [0.15, 0.2) is 54.7 Å². The van der Waals surface area contributed by atoms with Gasteiger partial charge in [-0.15, -0.1) is 0 Å². The van der Waals surface area contributed by atoms with Crippen LogP contribution in [0.5, 0.6) is 0 Å². The van der Waals surface area contributed by atoms with E-state index in [0.717, 1.165) is 17.6 Å². The quantitative estimate of drug-likeness (QED) is 0.545. The molecule has 0 aliphatic carbocycles. The number of H-pyrrole nitrogens is 1. The topological polar surface area (TPSA) is 59.2 Å². The molecule has 1 N–H and O–H groups in total. The number of esters is 1. The molecule has 0 fully saturated rings. The van der Waals surface area contributed by atoms with Crippen LogP contribution in [-0.4, -0.2) is 22.8 Å². The first-order valence-electron chi connectivity index (χ1n) is 7.76. The molecule has 0 aliphatic rings. The number of aromatic nitrogens is 1. The Morgan fingerprint density at radius 2 is 1.81 bits per heavy atom. The summed E-state index contributed by atoms with van der Waals surface area (Å²) in [6.07, 6.45) is -4.19. The van der Waals surface area contributed by atoms with Crippen LogP contribution in [0.25, 0.3) is 10.9 Å². The lowest BCUT2D eigenvalue weighted by atomic mass is 10.1. The lowest BCUT2D eigenvalue weighted by molar-refractivity contribution is -0.137. The zero-order chi connectivity index (χ0) is 18.9. The van der Waals surface area contributed by atoms with Gasteiger partial charge < -0.3 is 9.72 Å². The van der Waals surface area contributed by atoms with Crippen LogP contribution >= 0.6 is 0 Å². The molecule has 0 unspecified atom stereocenters. The summed E-state index contributed by atoms with van der Waals surface area (Å²) in [5.74, 6) is -1.43. The first-order chi connectivity index (χ1) is 12.3. The Labute approximate surface area is 146 Å². The minimum atomic E-state index is -4.57. The fourth-order valence-electron chi connectivity index (χ4n) is 2.60. The Bertz CT molecular complexity index is 975. The number of ketones is 1. The van der Waals surface area contributed by atoms with E-state index in [4.69, 9.17) is 4.74 Å². The number of rotatable bonds is 4. The normalized spacial score (nSPS) is 12.8. The zero-order valence-electron chi connectivity index (χ0n) is 13.6. The third-order valence-corrected chi connectivity index (χ3v) is 3.93. The molecule has 0 bridgehead atoms. The number of Topliss-reactive ketones (excluding diaryl/α,β-unsaturated/α-hetero) is 1. The van der Waals surface area contributed by atoms with Gasteiger partial charge in [0.15, 0.2) is 6.10 Å². The second-order valence-corrected chi connectivity index (χ2v) is 5.74. The molecule has 1 heterocycles. The van der Waals surface area contributed by atoms with Crippen molar-refractivity contribution in [2.24, 2.45) is 0 Å². The molecule has 2 aromatic carbocycles. The standard InChI is InChI=1S/C19H14F3NO3/c1-11(17(24)15-10-23-16-8-3-2-7-14(15)16)26-18(25)12-5-4-6-13(9-12)19(20,21)22/h2-11,23H,1H3/t11-/m1/s1. The highest BCUT2D eigenvalue weighted by Crippen LogP contribution is 2.29. The Hall–Kier alpha value is -3.09. The molecule has 0 saturated carbocycles. The van der Waals surface area contributed by atoms with E-state index in [2.05, 4.69) is 4.98 Å². The first kappa shape index (κ1) is 17.7. The predicted molar refractivity (Wildman–Crippen MR) is 89.0 cm³/mol. The molecular formula is C19H14F3NO3. The Morgan fingerprint density at radius 1 is 1.08 bits per heavy atom. The highest BCUT2D eigenvalue weighted by Gasteiger charge is 2.31. The number of halogens is 3. The van der Waals surface area contributed by atoms with Crippen molar-refractivity contribution in [1.82, 2.24) is 4.98 Å². The van der Waals surface area contributed by atoms with Crippen LogP contribution in [0, 0.1) is 0 Å². The maximum atomic E-state index is 12.7. The first-order valence-corrected chi connectivity index (χ1v) is 7.76. The van der Waals surface area contributed by atoms with Crippen LogP contribution < -0.4 is 0 Å². The van der Waals surface area contributed by atoms with E-state index in [1.165, 1.54) is 19.2 Å².